The van der Waals surface area contributed by atoms with Crippen LogP contribution in [-0.2, 0) is 9.53 Å². The van der Waals surface area contributed by atoms with Crippen LogP contribution < -0.4 is 5.73 Å². The quantitative estimate of drug-likeness (QED) is 0.512. The Kier molecular flexibility index (Phi) is 5.20. The maximum absolute atomic E-state index is 13.2. The van der Waals surface area contributed by atoms with Crippen molar-refractivity contribution in [2.45, 2.75) is 90.0 Å². The summed E-state index contributed by atoms with van der Waals surface area (Å²) in [4.78, 5) is 17.1. The Hall–Kier alpha value is -1.37. The molecule has 2 saturated heterocycles. The van der Waals surface area contributed by atoms with E-state index in [0.717, 1.165) is 38.0 Å². The van der Waals surface area contributed by atoms with Gasteiger partial charge in [-0.3, -0.25) is 9.79 Å². The molecule has 35 heavy (non-hydrogen) atoms. The van der Waals surface area contributed by atoms with E-state index in [9.17, 15) is 18.0 Å². The second-order valence-electron chi connectivity index (χ2n) is 13.0. The van der Waals surface area contributed by atoms with Crippen LogP contribution in [0.15, 0.2) is 16.8 Å². The van der Waals surface area contributed by atoms with E-state index in [4.69, 9.17) is 10.5 Å². The zero-order valence-electron chi connectivity index (χ0n) is 21.1. The lowest BCUT2D eigenvalue weighted by Gasteiger charge is -2.53. The van der Waals surface area contributed by atoms with Gasteiger partial charge in [0.25, 0.3) is 0 Å². The number of nitrogens with zero attached hydrogens (tertiary/aromatic N) is 1. The number of fused-ring (bicyclic) bond motifs is 5. The largest absolute Gasteiger partial charge is 0.419 e. The zero-order valence-corrected chi connectivity index (χ0v) is 21.1. The number of ketones is 1. The van der Waals surface area contributed by atoms with E-state index < -0.39 is 11.7 Å². The molecule has 0 aromatic rings. The Balaban J connectivity index is 1.20. The number of ether oxygens (including phenoxy) is 1. The highest BCUT2D eigenvalue weighted by molar-refractivity contribution is 5.87. The van der Waals surface area contributed by atoms with E-state index >= 15 is 0 Å². The van der Waals surface area contributed by atoms with Gasteiger partial charge in [-0.15, -0.1) is 0 Å². The molecule has 2 N–H and O–H groups in total. The molecular formula is C28H39F3N2O2. The first-order chi connectivity index (χ1) is 16.5. The zero-order chi connectivity index (χ0) is 25.0. The Labute approximate surface area is 206 Å². The third-order valence-electron chi connectivity index (χ3n) is 12.1. The fraction of sp³-hybridized carbons (Fsp3) is 0.857. The third kappa shape index (κ3) is 2.96. The van der Waals surface area contributed by atoms with Crippen LogP contribution in [-0.4, -0.2) is 36.4 Å². The lowest BCUT2D eigenvalue weighted by atomic mass is 9.54. The maximum atomic E-state index is 13.2. The molecule has 194 valence electrons. The molecule has 0 aromatic carbocycles. The minimum absolute atomic E-state index is 0.0183. The number of aliphatic imine (C=N–C) groups is 1. The molecule has 0 aromatic heterocycles. The number of carbonyl (C=O) groups excluding carboxylic acids is 1. The Morgan fingerprint density at radius 3 is 2.57 bits per heavy atom. The van der Waals surface area contributed by atoms with Crippen LogP contribution in [0.1, 0.15) is 72.1 Å². The first-order valence-corrected chi connectivity index (χ1v) is 13.7. The molecular weight excluding hydrogens is 453 g/mol. The van der Waals surface area contributed by atoms with Crippen molar-refractivity contribution in [1.82, 2.24) is 0 Å². The van der Waals surface area contributed by atoms with Gasteiger partial charge in [0.05, 0.1) is 23.8 Å². The number of Topliss-reactive ketones (excluding diaryl/α,β-unsaturated/α-hetero) is 1. The molecule has 4 aliphatic carbocycles. The van der Waals surface area contributed by atoms with Crippen LogP contribution in [0.2, 0.25) is 0 Å². The molecule has 2 heterocycles. The number of nitrogens with two attached hydrogens (primary N) is 1. The minimum Gasteiger partial charge on any atom is -0.404 e. The van der Waals surface area contributed by atoms with Gasteiger partial charge < -0.3 is 10.5 Å². The van der Waals surface area contributed by atoms with Gasteiger partial charge >= 0.3 is 6.18 Å². The maximum Gasteiger partial charge on any atom is 0.419 e. The van der Waals surface area contributed by atoms with Gasteiger partial charge in [0.1, 0.15) is 0 Å². The normalized spacial score (nSPS) is 52.6. The molecule has 6 aliphatic rings. The topological polar surface area (TPSA) is 64.7 Å². The molecule has 4 nitrogen and oxygen atoms in total. The van der Waals surface area contributed by atoms with E-state index in [-0.39, 0.29) is 29.3 Å². The summed E-state index contributed by atoms with van der Waals surface area (Å²) in [5.74, 6) is 3.70. The number of carbonyl (C=O) groups is 1. The van der Waals surface area contributed by atoms with E-state index in [0.29, 0.717) is 53.5 Å². The number of alkyl halides is 3. The molecule has 10 unspecified atom stereocenters. The standard InChI is InChI=1S/C28H39F3N2O2/c1-15-6-9-26-16(2)27(26)20-7-8-25(3)19(18(20)11-24(35-27)22(26)10-15)4-5-21(25)23(34)14-33-13-17(12-32)28(29,30)31/h12-13,15-16,18-22,24H,4-11,14,32H2,1-3H3/t15?,16-,18?,19?,20?,21?,22?,24?,25?,26?,27?/m1/s1. The predicted molar refractivity (Wildman–Crippen MR) is 128 cm³/mol. The van der Waals surface area contributed by atoms with Gasteiger partial charge in [-0.2, -0.15) is 13.2 Å². The minimum atomic E-state index is -4.56. The monoisotopic (exact) mass is 492 g/mol. The summed E-state index contributed by atoms with van der Waals surface area (Å²) in [6.45, 7) is 6.92. The van der Waals surface area contributed by atoms with Crippen molar-refractivity contribution in [2.75, 3.05) is 6.54 Å². The van der Waals surface area contributed by atoms with E-state index in [1.54, 1.807) is 0 Å². The van der Waals surface area contributed by atoms with Gasteiger partial charge in [0.15, 0.2) is 5.78 Å². The van der Waals surface area contributed by atoms with Crippen molar-refractivity contribution in [1.29, 1.82) is 0 Å². The van der Waals surface area contributed by atoms with Crippen molar-refractivity contribution >= 4 is 12.0 Å². The SMILES string of the molecule is CC1CCC23C(C1)C1CC4C5CCC(C(=O)CN=CC(=CN)C(F)(F)F)C5(C)CCC4C2(O1)[C@@H]3C. The van der Waals surface area contributed by atoms with Crippen LogP contribution in [0.4, 0.5) is 13.2 Å². The van der Waals surface area contributed by atoms with Crippen molar-refractivity contribution in [3.63, 3.8) is 0 Å². The summed E-state index contributed by atoms with van der Waals surface area (Å²) in [5, 5.41) is 0. The summed E-state index contributed by atoms with van der Waals surface area (Å²) < 4.78 is 45.7. The Morgan fingerprint density at radius 1 is 1.09 bits per heavy atom. The molecule has 4 saturated carbocycles. The number of allylic oxidation sites excluding steroid dienone is 1. The molecule has 0 amide bonds. The Bertz CT molecular complexity index is 978. The van der Waals surface area contributed by atoms with Gasteiger partial charge in [-0.25, -0.2) is 0 Å². The lowest BCUT2D eigenvalue weighted by Crippen LogP contribution is -2.52. The molecule has 2 bridgehead atoms. The summed E-state index contributed by atoms with van der Waals surface area (Å²) in [6, 6.07) is 0. The highest BCUT2D eigenvalue weighted by Gasteiger charge is 2.88. The fourth-order valence-corrected chi connectivity index (χ4v) is 10.7. The highest BCUT2D eigenvalue weighted by Crippen LogP contribution is 2.85. The van der Waals surface area contributed by atoms with Gasteiger partial charge in [0, 0.05) is 23.7 Å². The summed E-state index contributed by atoms with van der Waals surface area (Å²) in [6.07, 6.45) is 6.09. The molecule has 2 spiro atoms. The number of hydrogen-bond donors (Lipinski definition) is 1. The van der Waals surface area contributed by atoms with Gasteiger partial charge in [0.2, 0.25) is 0 Å². The summed E-state index contributed by atoms with van der Waals surface area (Å²) in [5.41, 5.74) is 4.47. The van der Waals surface area contributed by atoms with Crippen LogP contribution >= 0.6 is 0 Å². The molecule has 6 rings (SSSR count). The molecule has 0 radical (unpaired) electrons. The van der Waals surface area contributed by atoms with Crippen molar-refractivity contribution in [3.05, 3.63) is 11.8 Å². The average molecular weight is 493 g/mol. The first-order valence-electron chi connectivity index (χ1n) is 13.7. The number of rotatable bonds is 4. The second-order valence-corrected chi connectivity index (χ2v) is 13.0. The van der Waals surface area contributed by atoms with Crippen molar-refractivity contribution < 1.29 is 22.7 Å². The fourth-order valence-electron chi connectivity index (χ4n) is 10.7. The van der Waals surface area contributed by atoms with Crippen LogP contribution in [0, 0.1) is 52.3 Å². The Morgan fingerprint density at radius 2 is 1.86 bits per heavy atom. The molecule has 11 atom stereocenters. The van der Waals surface area contributed by atoms with Gasteiger partial charge in [-0.05, 0) is 85.9 Å². The van der Waals surface area contributed by atoms with Crippen LogP contribution in [0.5, 0.6) is 0 Å². The van der Waals surface area contributed by atoms with E-state index in [1.165, 1.54) is 19.3 Å². The molecule has 7 heteroatoms. The number of halogens is 3. The van der Waals surface area contributed by atoms with Crippen molar-refractivity contribution in [2.24, 2.45) is 63.0 Å². The lowest BCUT2D eigenvalue weighted by molar-refractivity contribution is -0.163. The smallest absolute Gasteiger partial charge is 0.404 e. The van der Waals surface area contributed by atoms with E-state index in [1.807, 2.05) is 0 Å². The van der Waals surface area contributed by atoms with Crippen molar-refractivity contribution in [3.8, 4) is 0 Å². The van der Waals surface area contributed by atoms with E-state index in [2.05, 4.69) is 25.8 Å². The molecule has 2 aliphatic heterocycles. The molecule has 6 fully saturated rings. The second kappa shape index (κ2) is 7.58. The van der Waals surface area contributed by atoms with Crippen LogP contribution in [0.3, 0.4) is 0 Å². The predicted octanol–water partition coefficient (Wildman–Crippen LogP) is 5.70. The average Bonchev–Trinajstić information content (AvgIpc) is 3.06. The first kappa shape index (κ1) is 24.0. The number of hydrogen-bond acceptors (Lipinski definition) is 4. The highest BCUT2D eigenvalue weighted by atomic mass is 19.4. The summed E-state index contributed by atoms with van der Waals surface area (Å²) >= 11 is 0. The van der Waals surface area contributed by atoms with Gasteiger partial charge in [-0.1, -0.05) is 27.2 Å². The van der Waals surface area contributed by atoms with Crippen LogP contribution in [0.25, 0.3) is 0 Å². The summed E-state index contributed by atoms with van der Waals surface area (Å²) in [7, 11) is 0. The third-order valence-corrected chi connectivity index (χ3v) is 12.1.